The van der Waals surface area contributed by atoms with Crippen LogP contribution in [0.1, 0.15) is 24.4 Å². The molecular weight excluding hydrogens is 327 g/mol. The molecule has 4 rings (SSSR count). The van der Waals surface area contributed by atoms with Crippen molar-refractivity contribution in [2.45, 2.75) is 18.9 Å². The summed E-state index contributed by atoms with van der Waals surface area (Å²) in [6, 6.07) is 20.8. The fourth-order valence-corrected chi connectivity index (χ4v) is 3.76. The summed E-state index contributed by atoms with van der Waals surface area (Å²) < 4.78 is 13.5. The number of likely N-dealkylation sites (tertiary alicyclic amines) is 1. The van der Waals surface area contributed by atoms with Gasteiger partial charge >= 0.3 is 0 Å². The number of halogens is 1. The maximum Gasteiger partial charge on any atom is 0.238 e. The number of nitrogens with one attached hydrogen (secondary N) is 1. The fraction of sp³-hybridized carbons (Fsp3) is 0.227. The molecule has 1 saturated heterocycles. The first-order valence-corrected chi connectivity index (χ1v) is 8.97. The minimum absolute atomic E-state index is 0.0383. The Kier molecular flexibility index (Phi) is 4.67. The van der Waals surface area contributed by atoms with E-state index < -0.39 is 0 Å². The number of benzene rings is 3. The van der Waals surface area contributed by atoms with Crippen molar-refractivity contribution in [3.8, 4) is 0 Å². The summed E-state index contributed by atoms with van der Waals surface area (Å²) >= 11 is 0. The van der Waals surface area contributed by atoms with Gasteiger partial charge in [-0.1, -0.05) is 42.5 Å². The first-order chi connectivity index (χ1) is 12.7. The first-order valence-electron chi connectivity index (χ1n) is 8.97. The average molecular weight is 348 g/mol. The van der Waals surface area contributed by atoms with Gasteiger partial charge in [-0.05, 0) is 60.0 Å². The quantitative estimate of drug-likeness (QED) is 0.738. The Bertz CT molecular complexity index is 940. The Hall–Kier alpha value is -2.72. The molecule has 0 bridgehead atoms. The molecule has 1 heterocycles. The van der Waals surface area contributed by atoms with Crippen LogP contribution in [0.5, 0.6) is 0 Å². The van der Waals surface area contributed by atoms with Crippen LogP contribution in [0.4, 0.5) is 10.1 Å². The van der Waals surface area contributed by atoms with Gasteiger partial charge in [-0.2, -0.15) is 0 Å². The number of carbonyl (C=O) groups excluding carboxylic acids is 1. The van der Waals surface area contributed by atoms with E-state index in [-0.39, 0.29) is 17.8 Å². The molecule has 3 aromatic carbocycles. The summed E-state index contributed by atoms with van der Waals surface area (Å²) in [6.07, 6.45) is 1.97. The summed E-state index contributed by atoms with van der Waals surface area (Å²) in [7, 11) is 0. The van der Waals surface area contributed by atoms with E-state index in [1.807, 2.05) is 42.5 Å². The van der Waals surface area contributed by atoms with Gasteiger partial charge in [0.2, 0.25) is 5.91 Å². The maximum absolute atomic E-state index is 13.5. The maximum atomic E-state index is 13.5. The summed E-state index contributed by atoms with van der Waals surface area (Å²) in [6.45, 7) is 1.17. The Labute approximate surface area is 152 Å². The van der Waals surface area contributed by atoms with Crippen molar-refractivity contribution in [2.75, 3.05) is 18.4 Å². The predicted molar refractivity (Wildman–Crippen MR) is 103 cm³/mol. The van der Waals surface area contributed by atoms with E-state index in [1.165, 1.54) is 6.07 Å². The highest BCUT2D eigenvalue weighted by Crippen LogP contribution is 2.31. The zero-order valence-electron chi connectivity index (χ0n) is 14.5. The number of fused-ring (bicyclic) bond motifs is 1. The van der Waals surface area contributed by atoms with Gasteiger partial charge in [0.1, 0.15) is 5.82 Å². The van der Waals surface area contributed by atoms with Gasteiger partial charge < -0.3 is 5.32 Å². The zero-order chi connectivity index (χ0) is 17.9. The van der Waals surface area contributed by atoms with Crippen LogP contribution in [0.2, 0.25) is 0 Å². The number of hydrogen-bond donors (Lipinski definition) is 1. The number of hydrogen-bond acceptors (Lipinski definition) is 2. The molecule has 0 radical (unpaired) electrons. The average Bonchev–Trinajstić information content (AvgIpc) is 3.09. The van der Waals surface area contributed by atoms with Crippen molar-refractivity contribution in [1.29, 1.82) is 0 Å². The van der Waals surface area contributed by atoms with Gasteiger partial charge in [0.25, 0.3) is 0 Å². The molecule has 1 unspecified atom stereocenters. The minimum Gasteiger partial charge on any atom is -0.325 e. The number of anilines is 1. The largest absolute Gasteiger partial charge is 0.325 e. The lowest BCUT2D eigenvalue weighted by Gasteiger charge is -2.24. The van der Waals surface area contributed by atoms with Gasteiger partial charge in [-0.15, -0.1) is 0 Å². The molecule has 1 atom stereocenters. The fourth-order valence-electron chi connectivity index (χ4n) is 3.76. The number of carbonyl (C=O) groups is 1. The standard InChI is InChI=1S/C22H21FN2O/c23-19-8-3-7-18(13-19)21-9-4-12-25(21)15-22(26)24-20-11-10-16-5-1-2-6-17(16)14-20/h1-3,5-8,10-11,13-14,21H,4,9,12,15H2,(H,24,26). The molecule has 0 saturated carbocycles. The second-order valence-electron chi connectivity index (χ2n) is 6.79. The van der Waals surface area contributed by atoms with Crippen LogP contribution in [0, 0.1) is 5.82 Å². The molecule has 3 nitrogen and oxygen atoms in total. The molecule has 132 valence electrons. The lowest BCUT2D eigenvalue weighted by Crippen LogP contribution is -2.33. The minimum atomic E-state index is -0.227. The van der Waals surface area contributed by atoms with Gasteiger partial charge in [0.05, 0.1) is 6.54 Å². The lowest BCUT2D eigenvalue weighted by atomic mass is 10.0. The summed E-state index contributed by atoms with van der Waals surface area (Å²) in [5, 5.41) is 5.24. The summed E-state index contributed by atoms with van der Waals surface area (Å²) in [4.78, 5) is 14.7. The second-order valence-corrected chi connectivity index (χ2v) is 6.79. The highest BCUT2D eigenvalue weighted by atomic mass is 19.1. The van der Waals surface area contributed by atoms with Gasteiger partial charge in [0, 0.05) is 11.7 Å². The molecule has 1 aliphatic heterocycles. The molecule has 4 heteroatoms. The summed E-state index contributed by atoms with van der Waals surface area (Å²) in [5.74, 6) is -0.265. The van der Waals surface area contributed by atoms with Gasteiger partial charge in [-0.3, -0.25) is 9.69 Å². The van der Waals surface area contributed by atoms with Gasteiger partial charge in [-0.25, -0.2) is 4.39 Å². The Morgan fingerprint density at radius 1 is 1.04 bits per heavy atom. The molecule has 1 fully saturated rings. The molecule has 1 amide bonds. The van der Waals surface area contributed by atoms with Crippen LogP contribution in [0.3, 0.4) is 0 Å². The molecule has 0 spiro atoms. The van der Waals surface area contributed by atoms with Crippen LogP contribution in [-0.4, -0.2) is 23.9 Å². The highest BCUT2D eigenvalue weighted by molar-refractivity contribution is 5.95. The second kappa shape index (κ2) is 7.26. The van der Waals surface area contributed by atoms with Crippen molar-refractivity contribution in [3.63, 3.8) is 0 Å². The Morgan fingerprint density at radius 2 is 1.88 bits per heavy atom. The molecule has 26 heavy (non-hydrogen) atoms. The highest BCUT2D eigenvalue weighted by Gasteiger charge is 2.27. The van der Waals surface area contributed by atoms with Crippen molar-refractivity contribution in [1.82, 2.24) is 4.90 Å². The number of rotatable bonds is 4. The molecule has 0 aliphatic carbocycles. The Morgan fingerprint density at radius 3 is 2.73 bits per heavy atom. The summed E-state index contributed by atoms with van der Waals surface area (Å²) in [5.41, 5.74) is 1.75. The SMILES string of the molecule is O=C(CN1CCCC1c1cccc(F)c1)Nc1ccc2ccccc2c1. The van der Waals surface area contributed by atoms with Crippen LogP contribution in [0.25, 0.3) is 10.8 Å². The predicted octanol–water partition coefficient (Wildman–Crippen LogP) is 4.75. The topological polar surface area (TPSA) is 32.3 Å². The van der Waals surface area contributed by atoms with Crippen molar-refractivity contribution in [2.24, 2.45) is 0 Å². The Balaban J connectivity index is 1.44. The molecule has 3 aromatic rings. The van der Waals surface area contributed by atoms with E-state index in [4.69, 9.17) is 0 Å². The molecule has 1 aliphatic rings. The molecular formula is C22H21FN2O. The zero-order valence-corrected chi connectivity index (χ0v) is 14.5. The molecule has 1 N–H and O–H groups in total. The van der Waals surface area contributed by atoms with E-state index in [9.17, 15) is 9.18 Å². The third-order valence-corrected chi connectivity index (χ3v) is 4.98. The van der Waals surface area contributed by atoms with E-state index in [1.54, 1.807) is 12.1 Å². The van der Waals surface area contributed by atoms with Crippen molar-refractivity contribution in [3.05, 3.63) is 78.1 Å². The van der Waals surface area contributed by atoms with E-state index in [0.29, 0.717) is 6.54 Å². The number of nitrogens with zero attached hydrogens (tertiary/aromatic N) is 1. The van der Waals surface area contributed by atoms with E-state index in [2.05, 4.69) is 16.3 Å². The van der Waals surface area contributed by atoms with E-state index in [0.717, 1.165) is 41.4 Å². The third kappa shape index (κ3) is 3.60. The third-order valence-electron chi connectivity index (χ3n) is 4.98. The number of amides is 1. The van der Waals surface area contributed by atoms with Crippen LogP contribution in [-0.2, 0) is 4.79 Å². The van der Waals surface area contributed by atoms with Crippen molar-refractivity contribution >= 4 is 22.4 Å². The normalized spacial score (nSPS) is 17.5. The first kappa shape index (κ1) is 16.7. The smallest absolute Gasteiger partial charge is 0.238 e. The van der Waals surface area contributed by atoms with Crippen LogP contribution < -0.4 is 5.32 Å². The van der Waals surface area contributed by atoms with Crippen molar-refractivity contribution < 1.29 is 9.18 Å². The monoisotopic (exact) mass is 348 g/mol. The van der Waals surface area contributed by atoms with Crippen LogP contribution in [0.15, 0.2) is 66.7 Å². The lowest BCUT2D eigenvalue weighted by molar-refractivity contribution is -0.117. The molecule has 0 aromatic heterocycles. The van der Waals surface area contributed by atoms with Gasteiger partial charge in [0.15, 0.2) is 0 Å². The van der Waals surface area contributed by atoms with Crippen LogP contribution >= 0.6 is 0 Å². The van der Waals surface area contributed by atoms with E-state index >= 15 is 0 Å².